The average molecular weight is 555 g/mol. The molecule has 0 saturated carbocycles. The van der Waals surface area contributed by atoms with Crippen molar-refractivity contribution in [1.82, 2.24) is 0 Å². The van der Waals surface area contributed by atoms with Gasteiger partial charge in [-0.25, -0.2) is 0 Å². The van der Waals surface area contributed by atoms with Crippen LogP contribution < -0.4 is 0 Å². The van der Waals surface area contributed by atoms with Gasteiger partial charge < -0.3 is 25.2 Å². The number of hydrogen-bond donors (Lipinski definition) is 4. The first-order valence-electron chi connectivity index (χ1n) is 7.67. The summed E-state index contributed by atoms with van der Waals surface area (Å²) in [7, 11) is 0. The van der Waals surface area contributed by atoms with Crippen LogP contribution in [0.25, 0.3) is 0 Å². The summed E-state index contributed by atoms with van der Waals surface area (Å²) < 4.78 is 7.08. The fourth-order valence-corrected chi connectivity index (χ4v) is 3.80. The van der Waals surface area contributed by atoms with Crippen LogP contribution in [0.1, 0.15) is 37.5 Å². The van der Waals surface area contributed by atoms with E-state index in [1.165, 1.54) is 12.1 Å². The van der Waals surface area contributed by atoms with Gasteiger partial charge in [0.05, 0.1) is 21.2 Å². The zero-order chi connectivity index (χ0) is 19.8. The molecule has 0 spiro atoms. The van der Waals surface area contributed by atoms with Crippen molar-refractivity contribution >= 4 is 47.8 Å². The molecule has 2 aromatic carbocycles. The minimum absolute atomic E-state index is 0.230. The third-order valence-corrected chi connectivity index (χ3v) is 6.74. The first-order chi connectivity index (χ1) is 11.9. The van der Waals surface area contributed by atoms with E-state index >= 15 is 0 Å². The Morgan fingerprint density at radius 2 is 1.31 bits per heavy atom. The highest BCUT2D eigenvalue weighted by Gasteiger charge is 2.21. The SMILES string of the molecule is CC(C)(C)OCc1cc(O)c(O)c(Br)c1Cc1cc(O)c(O)c(Br)c1Br. The number of aromatic hydroxyl groups is 4. The minimum atomic E-state index is -0.377. The molecule has 0 atom stereocenters. The third kappa shape index (κ3) is 4.65. The topological polar surface area (TPSA) is 90.2 Å². The Balaban J connectivity index is 2.53. The number of halogens is 3. The lowest BCUT2D eigenvalue weighted by molar-refractivity contribution is -0.0153. The van der Waals surface area contributed by atoms with Gasteiger partial charge in [-0.15, -0.1) is 0 Å². The molecule has 0 bridgehead atoms. The van der Waals surface area contributed by atoms with Crippen molar-refractivity contribution in [2.75, 3.05) is 0 Å². The van der Waals surface area contributed by atoms with Crippen molar-refractivity contribution in [3.63, 3.8) is 0 Å². The van der Waals surface area contributed by atoms with Gasteiger partial charge in [0.2, 0.25) is 0 Å². The Morgan fingerprint density at radius 1 is 0.808 bits per heavy atom. The minimum Gasteiger partial charge on any atom is -0.504 e. The molecule has 4 N–H and O–H groups in total. The van der Waals surface area contributed by atoms with Crippen molar-refractivity contribution < 1.29 is 25.2 Å². The van der Waals surface area contributed by atoms with Gasteiger partial charge >= 0.3 is 0 Å². The molecule has 2 aromatic rings. The quantitative estimate of drug-likeness (QED) is 0.364. The zero-order valence-corrected chi connectivity index (χ0v) is 19.2. The highest BCUT2D eigenvalue weighted by atomic mass is 79.9. The fraction of sp³-hybridized carbons (Fsp3) is 0.333. The Hall–Kier alpha value is -0.960. The van der Waals surface area contributed by atoms with E-state index in [2.05, 4.69) is 47.8 Å². The monoisotopic (exact) mass is 552 g/mol. The summed E-state index contributed by atoms with van der Waals surface area (Å²) in [5.74, 6) is -1.04. The van der Waals surface area contributed by atoms with Crippen LogP contribution >= 0.6 is 47.8 Å². The average Bonchev–Trinajstić information content (AvgIpc) is 2.55. The standard InChI is InChI=1S/C18H19Br3O5/c1-18(2,3)26-7-9-6-12(23)16(24)14(20)10(9)4-8-5-11(22)17(25)15(21)13(8)19/h5-6,22-25H,4,7H2,1-3H3. The van der Waals surface area contributed by atoms with E-state index in [1.807, 2.05) is 20.8 Å². The van der Waals surface area contributed by atoms with Gasteiger partial charge in [0.25, 0.3) is 0 Å². The van der Waals surface area contributed by atoms with Gasteiger partial charge in [0, 0.05) is 10.9 Å². The third-order valence-electron chi connectivity index (χ3n) is 3.68. The maximum atomic E-state index is 10.1. The van der Waals surface area contributed by atoms with Crippen LogP contribution in [0.5, 0.6) is 23.0 Å². The van der Waals surface area contributed by atoms with E-state index in [0.717, 1.165) is 0 Å². The van der Waals surface area contributed by atoms with E-state index in [9.17, 15) is 20.4 Å². The molecule has 0 heterocycles. The highest BCUT2D eigenvalue weighted by Crippen LogP contribution is 2.44. The van der Waals surface area contributed by atoms with Crippen molar-refractivity contribution in [3.05, 3.63) is 42.2 Å². The maximum absolute atomic E-state index is 10.1. The van der Waals surface area contributed by atoms with Crippen molar-refractivity contribution in [2.45, 2.75) is 39.4 Å². The molecule has 142 valence electrons. The molecule has 8 heteroatoms. The van der Waals surface area contributed by atoms with Crippen LogP contribution in [0, 0.1) is 0 Å². The second kappa shape index (κ2) is 7.96. The zero-order valence-electron chi connectivity index (χ0n) is 14.4. The summed E-state index contributed by atoms with van der Waals surface area (Å²) in [4.78, 5) is 0. The fourth-order valence-electron chi connectivity index (χ4n) is 2.30. The van der Waals surface area contributed by atoms with Gasteiger partial charge in [-0.2, -0.15) is 0 Å². The lowest BCUT2D eigenvalue weighted by atomic mass is 9.98. The molecule has 26 heavy (non-hydrogen) atoms. The van der Waals surface area contributed by atoms with Crippen LogP contribution in [0.3, 0.4) is 0 Å². The van der Waals surface area contributed by atoms with Gasteiger partial charge in [0.1, 0.15) is 0 Å². The van der Waals surface area contributed by atoms with Crippen LogP contribution in [-0.4, -0.2) is 26.0 Å². The Bertz CT molecular complexity index is 844. The molecule has 0 aromatic heterocycles. The molecule has 0 unspecified atom stereocenters. The largest absolute Gasteiger partial charge is 0.504 e. The van der Waals surface area contributed by atoms with Crippen LogP contribution in [0.2, 0.25) is 0 Å². The predicted molar refractivity (Wildman–Crippen MR) is 110 cm³/mol. The summed E-state index contributed by atoms with van der Waals surface area (Å²) in [6.07, 6.45) is 0.310. The Kier molecular flexibility index (Phi) is 6.53. The maximum Gasteiger partial charge on any atom is 0.173 e. The number of hydrogen-bond acceptors (Lipinski definition) is 5. The lowest BCUT2D eigenvalue weighted by Crippen LogP contribution is -2.19. The Morgan fingerprint density at radius 3 is 1.85 bits per heavy atom. The van der Waals surface area contributed by atoms with Crippen LogP contribution in [0.4, 0.5) is 0 Å². The smallest absolute Gasteiger partial charge is 0.173 e. The van der Waals surface area contributed by atoms with Gasteiger partial charge in [-0.1, -0.05) is 0 Å². The number of rotatable bonds is 4. The Labute approximate surface area is 177 Å². The molecule has 0 aliphatic carbocycles. The second-order valence-corrected chi connectivity index (χ2v) is 9.18. The molecule has 0 radical (unpaired) electrons. The van der Waals surface area contributed by atoms with E-state index < -0.39 is 0 Å². The van der Waals surface area contributed by atoms with Crippen molar-refractivity contribution in [3.8, 4) is 23.0 Å². The van der Waals surface area contributed by atoms with E-state index in [1.54, 1.807) is 0 Å². The van der Waals surface area contributed by atoms with Gasteiger partial charge in [-0.3, -0.25) is 0 Å². The number of phenolic OH excluding ortho intramolecular Hbond substituents is 4. The van der Waals surface area contributed by atoms with E-state index in [4.69, 9.17) is 4.74 Å². The normalized spacial score (nSPS) is 11.8. The molecule has 2 rings (SSSR count). The summed E-state index contributed by atoms with van der Waals surface area (Å²) >= 11 is 9.96. The molecule has 0 saturated heterocycles. The molecule has 0 aliphatic heterocycles. The summed E-state index contributed by atoms with van der Waals surface area (Å²) in [6, 6.07) is 2.90. The number of phenols is 4. The number of benzene rings is 2. The summed E-state index contributed by atoms with van der Waals surface area (Å²) in [6.45, 7) is 6.00. The summed E-state index contributed by atoms with van der Waals surface area (Å²) in [5, 5.41) is 39.8. The van der Waals surface area contributed by atoms with Crippen LogP contribution in [0.15, 0.2) is 25.6 Å². The van der Waals surface area contributed by atoms with E-state index in [0.29, 0.717) is 36.5 Å². The van der Waals surface area contributed by atoms with Gasteiger partial charge in [-0.05, 0) is 97.4 Å². The second-order valence-electron chi connectivity index (χ2n) is 6.81. The number of ether oxygens (including phenoxy) is 1. The predicted octanol–water partition coefficient (Wildman–Crippen LogP) is 5.70. The lowest BCUT2D eigenvalue weighted by Gasteiger charge is -2.22. The first-order valence-corrected chi connectivity index (χ1v) is 10.0. The molecular formula is C18H19Br3O5. The molecule has 5 nitrogen and oxygen atoms in total. The van der Waals surface area contributed by atoms with Crippen LogP contribution in [-0.2, 0) is 17.8 Å². The van der Waals surface area contributed by atoms with E-state index in [-0.39, 0.29) is 35.2 Å². The molecule has 0 fully saturated rings. The first kappa shape index (κ1) is 21.3. The van der Waals surface area contributed by atoms with Crippen molar-refractivity contribution in [1.29, 1.82) is 0 Å². The molecule has 0 amide bonds. The molecule has 0 aliphatic rings. The highest BCUT2D eigenvalue weighted by molar-refractivity contribution is 9.13. The van der Waals surface area contributed by atoms with Gasteiger partial charge in [0.15, 0.2) is 23.0 Å². The summed E-state index contributed by atoms with van der Waals surface area (Å²) in [5.41, 5.74) is 1.69. The molecular weight excluding hydrogens is 536 g/mol. The van der Waals surface area contributed by atoms with Crippen molar-refractivity contribution in [2.24, 2.45) is 0 Å².